The third-order valence-electron chi connectivity index (χ3n) is 5.34. The second-order valence-electron chi connectivity index (χ2n) is 7.24. The summed E-state index contributed by atoms with van der Waals surface area (Å²) in [4.78, 5) is 25.7. The largest absolute Gasteiger partial charge is 0.299 e. The van der Waals surface area contributed by atoms with Crippen LogP contribution < -0.4 is 5.56 Å². The standard InChI is InChI=1S/C19H26N6O/c1-15-20-6-5-17(21-15)14-24-9-7-23(8-10-24)11-12-25-19(26)13-16-3-2-4-18(16)22-25/h5-6,13H,2-4,7-12,14H2,1H3. The Balaban J connectivity index is 1.27. The molecule has 138 valence electrons. The van der Waals surface area contributed by atoms with Crippen molar-refractivity contribution in [3.8, 4) is 0 Å². The average molecular weight is 354 g/mol. The molecule has 0 radical (unpaired) electrons. The topological polar surface area (TPSA) is 67.2 Å². The summed E-state index contributed by atoms with van der Waals surface area (Å²) in [7, 11) is 0. The molecule has 7 heteroatoms. The van der Waals surface area contributed by atoms with Crippen LogP contribution in [0.25, 0.3) is 0 Å². The van der Waals surface area contributed by atoms with Crippen LogP contribution in [0.5, 0.6) is 0 Å². The summed E-state index contributed by atoms with van der Waals surface area (Å²) in [6, 6.07) is 3.78. The number of hydrogen-bond donors (Lipinski definition) is 0. The van der Waals surface area contributed by atoms with E-state index in [9.17, 15) is 4.79 Å². The van der Waals surface area contributed by atoms with Crippen LogP contribution >= 0.6 is 0 Å². The number of rotatable bonds is 5. The van der Waals surface area contributed by atoms with Gasteiger partial charge in [0.25, 0.3) is 5.56 Å². The van der Waals surface area contributed by atoms with Gasteiger partial charge in [0.15, 0.2) is 0 Å². The molecule has 1 aliphatic carbocycles. The van der Waals surface area contributed by atoms with E-state index in [1.807, 2.05) is 19.2 Å². The maximum Gasteiger partial charge on any atom is 0.267 e. The fourth-order valence-corrected chi connectivity index (χ4v) is 3.83. The zero-order valence-electron chi connectivity index (χ0n) is 15.4. The van der Waals surface area contributed by atoms with Crippen molar-refractivity contribution in [1.82, 2.24) is 29.5 Å². The van der Waals surface area contributed by atoms with Gasteiger partial charge in [-0.3, -0.25) is 14.6 Å². The summed E-state index contributed by atoms with van der Waals surface area (Å²) >= 11 is 0. The Bertz CT molecular complexity index is 825. The van der Waals surface area contributed by atoms with Gasteiger partial charge in [0, 0.05) is 51.5 Å². The molecule has 0 aromatic carbocycles. The van der Waals surface area contributed by atoms with E-state index in [1.54, 1.807) is 10.7 Å². The van der Waals surface area contributed by atoms with E-state index in [4.69, 9.17) is 0 Å². The first-order valence-electron chi connectivity index (χ1n) is 9.50. The summed E-state index contributed by atoms with van der Waals surface area (Å²) in [5, 5.41) is 4.57. The first kappa shape index (κ1) is 17.3. The molecule has 1 fully saturated rings. The predicted molar refractivity (Wildman–Crippen MR) is 99.0 cm³/mol. The lowest BCUT2D eigenvalue weighted by molar-refractivity contribution is 0.121. The van der Waals surface area contributed by atoms with Gasteiger partial charge in [-0.15, -0.1) is 0 Å². The highest BCUT2D eigenvalue weighted by Crippen LogP contribution is 2.17. The smallest absolute Gasteiger partial charge is 0.267 e. The number of fused-ring (bicyclic) bond motifs is 1. The van der Waals surface area contributed by atoms with Crippen LogP contribution in [0.3, 0.4) is 0 Å². The molecule has 0 N–H and O–H groups in total. The quantitative estimate of drug-likeness (QED) is 0.785. The maximum absolute atomic E-state index is 12.2. The molecule has 3 heterocycles. The third-order valence-corrected chi connectivity index (χ3v) is 5.34. The van der Waals surface area contributed by atoms with Gasteiger partial charge in [0.1, 0.15) is 5.82 Å². The highest BCUT2D eigenvalue weighted by atomic mass is 16.1. The molecular weight excluding hydrogens is 328 g/mol. The molecule has 0 saturated carbocycles. The monoisotopic (exact) mass is 354 g/mol. The molecule has 0 bridgehead atoms. The second kappa shape index (κ2) is 7.63. The molecular formula is C19H26N6O. The molecule has 2 aromatic rings. The van der Waals surface area contributed by atoms with Crippen LogP contribution in [0.4, 0.5) is 0 Å². The predicted octanol–water partition coefficient (Wildman–Crippen LogP) is 0.648. The molecule has 0 atom stereocenters. The minimum absolute atomic E-state index is 0.0448. The van der Waals surface area contributed by atoms with Gasteiger partial charge in [0.05, 0.1) is 17.9 Å². The zero-order chi connectivity index (χ0) is 17.9. The Labute approximate surface area is 153 Å². The molecule has 0 amide bonds. The van der Waals surface area contributed by atoms with Crippen molar-refractivity contribution in [2.45, 2.75) is 39.3 Å². The lowest BCUT2D eigenvalue weighted by Gasteiger charge is -2.34. The van der Waals surface area contributed by atoms with Crippen molar-refractivity contribution in [2.75, 3.05) is 32.7 Å². The van der Waals surface area contributed by atoms with Crippen molar-refractivity contribution < 1.29 is 0 Å². The Kier molecular flexibility index (Phi) is 5.08. The Morgan fingerprint density at radius 2 is 1.88 bits per heavy atom. The van der Waals surface area contributed by atoms with Crippen molar-refractivity contribution >= 4 is 0 Å². The van der Waals surface area contributed by atoms with Gasteiger partial charge < -0.3 is 0 Å². The fourth-order valence-electron chi connectivity index (χ4n) is 3.83. The molecule has 7 nitrogen and oxygen atoms in total. The van der Waals surface area contributed by atoms with Gasteiger partial charge >= 0.3 is 0 Å². The van der Waals surface area contributed by atoms with Crippen molar-refractivity contribution in [3.63, 3.8) is 0 Å². The van der Waals surface area contributed by atoms with E-state index in [1.165, 1.54) is 0 Å². The van der Waals surface area contributed by atoms with Crippen molar-refractivity contribution in [3.05, 3.63) is 51.5 Å². The molecule has 0 spiro atoms. The molecule has 26 heavy (non-hydrogen) atoms. The highest BCUT2D eigenvalue weighted by molar-refractivity contribution is 5.22. The van der Waals surface area contributed by atoms with Crippen LogP contribution in [0, 0.1) is 6.92 Å². The number of aryl methyl sites for hydroxylation is 3. The fraction of sp³-hybridized carbons (Fsp3) is 0.579. The van der Waals surface area contributed by atoms with Gasteiger partial charge in [-0.25, -0.2) is 14.6 Å². The van der Waals surface area contributed by atoms with Gasteiger partial charge in [0.2, 0.25) is 0 Å². The van der Waals surface area contributed by atoms with Crippen LogP contribution in [-0.4, -0.2) is 62.3 Å². The van der Waals surface area contributed by atoms with Crippen molar-refractivity contribution in [2.24, 2.45) is 0 Å². The second-order valence-corrected chi connectivity index (χ2v) is 7.24. The van der Waals surface area contributed by atoms with Gasteiger partial charge in [-0.05, 0) is 37.8 Å². The van der Waals surface area contributed by atoms with Gasteiger partial charge in [-0.1, -0.05) is 0 Å². The van der Waals surface area contributed by atoms with Crippen LogP contribution in [0.1, 0.15) is 29.2 Å². The van der Waals surface area contributed by atoms with E-state index >= 15 is 0 Å². The minimum atomic E-state index is 0.0448. The van der Waals surface area contributed by atoms with Crippen molar-refractivity contribution in [1.29, 1.82) is 0 Å². The van der Waals surface area contributed by atoms with E-state index in [2.05, 4.69) is 24.9 Å². The summed E-state index contributed by atoms with van der Waals surface area (Å²) in [5.41, 5.74) is 3.40. The lowest BCUT2D eigenvalue weighted by atomic mass is 10.2. The Morgan fingerprint density at radius 1 is 1.08 bits per heavy atom. The SMILES string of the molecule is Cc1nccc(CN2CCN(CCn3nc4c(cc3=O)CCC4)CC2)n1. The van der Waals surface area contributed by atoms with E-state index in [0.29, 0.717) is 6.54 Å². The minimum Gasteiger partial charge on any atom is -0.299 e. The number of piperazine rings is 1. The number of aromatic nitrogens is 4. The lowest BCUT2D eigenvalue weighted by Crippen LogP contribution is -2.47. The summed E-state index contributed by atoms with van der Waals surface area (Å²) in [6.45, 7) is 8.45. The highest BCUT2D eigenvalue weighted by Gasteiger charge is 2.19. The molecule has 2 aliphatic rings. The first-order chi connectivity index (χ1) is 12.7. The number of nitrogens with zero attached hydrogens (tertiary/aromatic N) is 6. The van der Waals surface area contributed by atoms with E-state index in [0.717, 1.165) is 81.3 Å². The molecule has 1 saturated heterocycles. The molecule has 1 aliphatic heterocycles. The summed E-state index contributed by atoms with van der Waals surface area (Å²) in [6.07, 6.45) is 4.97. The first-order valence-corrected chi connectivity index (χ1v) is 9.50. The van der Waals surface area contributed by atoms with Crippen LogP contribution in [0.2, 0.25) is 0 Å². The zero-order valence-corrected chi connectivity index (χ0v) is 15.4. The normalized spacial score (nSPS) is 18.2. The van der Waals surface area contributed by atoms with Crippen LogP contribution in [-0.2, 0) is 25.9 Å². The van der Waals surface area contributed by atoms with Gasteiger partial charge in [-0.2, -0.15) is 5.10 Å². The van der Waals surface area contributed by atoms with E-state index < -0.39 is 0 Å². The number of hydrogen-bond acceptors (Lipinski definition) is 6. The van der Waals surface area contributed by atoms with E-state index in [-0.39, 0.29) is 5.56 Å². The molecule has 2 aromatic heterocycles. The Morgan fingerprint density at radius 3 is 2.69 bits per heavy atom. The maximum atomic E-state index is 12.2. The molecule has 4 rings (SSSR count). The third kappa shape index (κ3) is 3.99. The summed E-state index contributed by atoms with van der Waals surface area (Å²) in [5.74, 6) is 0.827. The van der Waals surface area contributed by atoms with Crippen LogP contribution in [0.15, 0.2) is 23.1 Å². The summed E-state index contributed by atoms with van der Waals surface area (Å²) < 4.78 is 1.65. The molecule has 0 unspecified atom stereocenters. The average Bonchev–Trinajstić information content (AvgIpc) is 3.08. The Hall–Kier alpha value is -2.12.